The van der Waals surface area contributed by atoms with Crippen molar-refractivity contribution in [1.29, 1.82) is 0 Å². The van der Waals surface area contributed by atoms with Gasteiger partial charge in [0.1, 0.15) is 17.3 Å². The lowest BCUT2D eigenvalue weighted by atomic mass is 9.63. The van der Waals surface area contributed by atoms with Gasteiger partial charge in [0.15, 0.2) is 11.6 Å². The molecule has 3 heterocycles. The number of hydrogen-bond donors (Lipinski definition) is 1. The van der Waals surface area contributed by atoms with Gasteiger partial charge in [0.25, 0.3) is 0 Å². The Balaban J connectivity index is 1.68. The van der Waals surface area contributed by atoms with E-state index >= 15 is 0 Å². The summed E-state index contributed by atoms with van der Waals surface area (Å²) in [5.74, 6) is -2.41. The fourth-order valence-electron chi connectivity index (χ4n) is 6.39. The van der Waals surface area contributed by atoms with E-state index in [4.69, 9.17) is 11.6 Å². The first-order valence-electron chi connectivity index (χ1n) is 12.6. The average molecular weight is 529 g/mol. The summed E-state index contributed by atoms with van der Waals surface area (Å²) >= 11 is 6.31. The van der Waals surface area contributed by atoms with Crippen LogP contribution in [0.4, 0.5) is 15.8 Å². The molecule has 1 spiro atoms. The smallest absolute Gasteiger partial charge is 0.238 e. The molecule has 7 heteroatoms. The number of carbonyl (C=O) groups is 3. The van der Waals surface area contributed by atoms with Gasteiger partial charge in [0.2, 0.25) is 5.91 Å². The highest BCUT2D eigenvalue weighted by atomic mass is 35.5. The molecule has 3 aromatic rings. The number of nitrogens with zero attached hydrogens (tertiary/aromatic N) is 1. The second-order valence-corrected chi connectivity index (χ2v) is 11.6. The Morgan fingerprint density at radius 1 is 1.03 bits per heavy atom. The number of ketones is 2. The van der Waals surface area contributed by atoms with Gasteiger partial charge in [-0.2, -0.15) is 0 Å². The van der Waals surface area contributed by atoms with E-state index in [1.54, 1.807) is 6.07 Å². The van der Waals surface area contributed by atoms with Crippen LogP contribution in [0.5, 0.6) is 0 Å². The number of fused-ring (bicyclic) bond motifs is 6. The number of benzene rings is 3. The highest BCUT2D eigenvalue weighted by molar-refractivity contribution is 6.31. The van der Waals surface area contributed by atoms with Crippen LogP contribution in [0.15, 0.2) is 72.8 Å². The van der Waals surface area contributed by atoms with E-state index in [1.807, 2.05) is 74.2 Å². The third-order valence-electron chi connectivity index (χ3n) is 8.01. The Labute approximate surface area is 225 Å². The fourth-order valence-corrected chi connectivity index (χ4v) is 6.57. The highest BCUT2D eigenvalue weighted by Crippen LogP contribution is 2.58. The molecule has 5 nitrogen and oxygen atoms in total. The van der Waals surface area contributed by atoms with E-state index < -0.39 is 34.6 Å². The van der Waals surface area contributed by atoms with Gasteiger partial charge < -0.3 is 10.2 Å². The van der Waals surface area contributed by atoms with Crippen molar-refractivity contribution < 1.29 is 18.8 Å². The first kappa shape index (κ1) is 24.6. The molecule has 38 heavy (non-hydrogen) atoms. The second kappa shape index (κ2) is 8.37. The number of rotatable bonds is 3. The molecule has 3 aliphatic rings. The molecule has 192 valence electrons. The van der Waals surface area contributed by atoms with Crippen LogP contribution in [0.2, 0.25) is 5.02 Å². The number of hydrogen-bond acceptors (Lipinski definition) is 4. The number of Topliss-reactive ketones (excluding diaryl/α,β-unsaturated/α-hetero) is 2. The topological polar surface area (TPSA) is 66.5 Å². The zero-order valence-electron chi connectivity index (χ0n) is 21.2. The second-order valence-electron chi connectivity index (χ2n) is 11.2. The predicted octanol–water partition coefficient (Wildman–Crippen LogP) is 6.07. The quantitative estimate of drug-likeness (QED) is 0.419. The van der Waals surface area contributed by atoms with Crippen LogP contribution < -0.4 is 10.2 Å². The van der Waals surface area contributed by atoms with Crippen LogP contribution in [0.3, 0.4) is 0 Å². The van der Waals surface area contributed by atoms with E-state index in [1.165, 1.54) is 24.3 Å². The first-order valence-corrected chi connectivity index (χ1v) is 12.9. The molecule has 0 unspecified atom stereocenters. The summed E-state index contributed by atoms with van der Waals surface area (Å²) in [5.41, 5.74) is 0.874. The molecule has 0 radical (unpaired) electrons. The van der Waals surface area contributed by atoms with Gasteiger partial charge in [-0.1, -0.05) is 62.7 Å². The van der Waals surface area contributed by atoms with Crippen LogP contribution >= 0.6 is 11.6 Å². The fraction of sp³-hybridized carbons (Fsp3) is 0.258. The van der Waals surface area contributed by atoms with E-state index in [0.717, 1.165) is 11.3 Å². The minimum atomic E-state index is -1.39. The SMILES string of the molecule is CC(C)(C)C(=O)[C@@H]1[C@H](C(=O)c2ccc(F)cc2)[C@]2(C(=O)Nc3ccccc32)[C@H]2C=Cc3cc(Cl)ccc3N12. The Hall–Kier alpha value is -3.77. The molecular formula is C31H26ClFN2O3. The van der Waals surface area contributed by atoms with Crippen molar-refractivity contribution >= 4 is 46.5 Å². The number of anilines is 2. The normalized spacial score (nSPS) is 25.1. The summed E-state index contributed by atoms with van der Waals surface area (Å²) in [6.07, 6.45) is 3.81. The molecule has 0 aliphatic carbocycles. The molecular weight excluding hydrogens is 503 g/mol. The van der Waals surface area contributed by atoms with Crippen molar-refractivity contribution in [3.63, 3.8) is 0 Å². The predicted molar refractivity (Wildman–Crippen MR) is 146 cm³/mol. The van der Waals surface area contributed by atoms with Crippen LogP contribution in [0.1, 0.15) is 42.3 Å². The van der Waals surface area contributed by atoms with Crippen molar-refractivity contribution in [2.45, 2.75) is 38.3 Å². The highest BCUT2D eigenvalue weighted by Gasteiger charge is 2.70. The van der Waals surface area contributed by atoms with E-state index in [9.17, 15) is 18.8 Å². The summed E-state index contributed by atoms with van der Waals surface area (Å²) in [6.45, 7) is 5.46. The number of amides is 1. The number of halogens is 2. The standard InChI is InChI=1S/C31H26ClFN2O3/c1-30(2,3)28(37)26-25(27(36)17-8-12-20(33)13-9-17)31(21-6-4-5-7-22(21)34-29(31)38)24-15-10-18-16-19(32)11-14-23(18)35(24)26/h4-16,24-26H,1-3H3,(H,34,38)/t24-,25-,26+,31-/m1/s1. The van der Waals surface area contributed by atoms with Gasteiger partial charge in [-0.05, 0) is 59.7 Å². The van der Waals surface area contributed by atoms with Crippen molar-refractivity contribution in [2.75, 3.05) is 10.2 Å². The number of carbonyl (C=O) groups excluding carboxylic acids is 3. The maximum atomic E-state index is 14.5. The number of nitrogens with one attached hydrogen (secondary N) is 1. The summed E-state index contributed by atoms with van der Waals surface area (Å²) in [5, 5.41) is 3.54. The number of para-hydroxylation sites is 1. The summed E-state index contributed by atoms with van der Waals surface area (Å²) in [7, 11) is 0. The van der Waals surface area contributed by atoms with Crippen LogP contribution in [-0.2, 0) is 15.0 Å². The van der Waals surface area contributed by atoms with Crippen LogP contribution in [0, 0.1) is 17.2 Å². The lowest BCUT2D eigenvalue weighted by molar-refractivity contribution is -0.128. The van der Waals surface area contributed by atoms with Crippen LogP contribution in [-0.4, -0.2) is 29.6 Å². The lowest BCUT2D eigenvalue weighted by Gasteiger charge is -2.38. The molecule has 1 amide bonds. The van der Waals surface area contributed by atoms with E-state index in [0.29, 0.717) is 16.3 Å². The molecule has 0 saturated carbocycles. The molecule has 1 saturated heterocycles. The maximum Gasteiger partial charge on any atom is 0.238 e. The average Bonchev–Trinajstić information content (AvgIpc) is 3.35. The maximum absolute atomic E-state index is 14.5. The monoisotopic (exact) mass is 528 g/mol. The van der Waals surface area contributed by atoms with Crippen LogP contribution in [0.25, 0.3) is 6.08 Å². The van der Waals surface area contributed by atoms with Gasteiger partial charge in [-0.25, -0.2) is 4.39 Å². The molecule has 6 rings (SSSR count). The molecule has 3 aromatic carbocycles. The minimum Gasteiger partial charge on any atom is -0.352 e. The van der Waals surface area contributed by atoms with Gasteiger partial charge in [-0.3, -0.25) is 14.4 Å². The van der Waals surface area contributed by atoms with Gasteiger partial charge in [-0.15, -0.1) is 0 Å². The molecule has 0 aromatic heterocycles. The minimum absolute atomic E-state index is 0.159. The lowest BCUT2D eigenvalue weighted by Crippen LogP contribution is -2.51. The Bertz CT molecular complexity index is 1540. The Morgan fingerprint density at radius 2 is 1.74 bits per heavy atom. The summed E-state index contributed by atoms with van der Waals surface area (Å²) in [6, 6.07) is 16.4. The zero-order valence-corrected chi connectivity index (χ0v) is 21.9. The Kier molecular flexibility index (Phi) is 5.41. The van der Waals surface area contributed by atoms with E-state index in [-0.39, 0.29) is 23.0 Å². The summed E-state index contributed by atoms with van der Waals surface area (Å²) < 4.78 is 13.8. The van der Waals surface area contributed by atoms with Crippen molar-refractivity contribution in [2.24, 2.45) is 11.3 Å². The molecule has 0 bridgehead atoms. The molecule has 4 atom stereocenters. The third kappa shape index (κ3) is 3.33. The molecule has 1 N–H and O–H groups in total. The van der Waals surface area contributed by atoms with Crippen molar-refractivity contribution in [3.8, 4) is 0 Å². The third-order valence-corrected chi connectivity index (χ3v) is 8.25. The molecule has 1 fully saturated rings. The van der Waals surface area contributed by atoms with Gasteiger partial charge >= 0.3 is 0 Å². The summed E-state index contributed by atoms with van der Waals surface area (Å²) in [4.78, 5) is 44.9. The first-order chi connectivity index (χ1) is 18.0. The molecule has 3 aliphatic heterocycles. The van der Waals surface area contributed by atoms with Gasteiger partial charge in [0.05, 0.1) is 12.0 Å². The zero-order chi connectivity index (χ0) is 27.0. The van der Waals surface area contributed by atoms with Crippen molar-refractivity contribution in [1.82, 2.24) is 0 Å². The largest absolute Gasteiger partial charge is 0.352 e. The van der Waals surface area contributed by atoms with Gasteiger partial charge in [0, 0.05) is 27.4 Å². The van der Waals surface area contributed by atoms with Crippen molar-refractivity contribution in [3.05, 3.63) is 100 Å². The Morgan fingerprint density at radius 3 is 2.45 bits per heavy atom. The van der Waals surface area contributed by atoms with E-state index in [2.05, 4.69) is 5.32 Å².